The molecule has 2 heterocycles. The first-order chi connectivity index (χ1) is 7.81. The lowest BCUT2D eigenvalue weighted by atomic mass is 10.1. The van der Waals surface area contributed by atoms with E-state index in [1.807, 2.05) is 12.4 Å². The third-order valence-corrected chi connectivity index (χ3v) is 3.62. The van der Waals surface area contributed by atoms with E-state index >= 15 is 0 Å². The van der Waals surface area contributed by atoms with Gasteiger partial charge in [-0.2, -0.15) is 0 Å². The molecule has 3 nitrogen and oxygen atoms in total. The molecule has 1 saturated heterocycles. The third-order valence-electron chi connectivity index (χ3n) is 3.21. The van der Waals surface area contributed by atoms with Crippen LogP contribution in [0.2, 0.25) is 0 Å². The number of aromatic nitrogens is 2. The highest BCUT2D eigenvalue weighted by atomic mass is 79.9. The van der Waals surface area contributed by atoms with Gasteiger partial charge in [0.15, 0.2) is 0 Å². The monoisotopic (exact) mass is 283 g/mol. The maximum atomic E-state index is 4.41. The van der Waals surface area contributed by atoms with Crippen LogP contribution in [0, 0.1) is 0 Å². The minimum Gasteiger partial charge on any atom is -0.338 e. The highest BCUT2D eigenvalue weighted by molar-refractivity contribution is 9.10. The minimum atomic E-state index is 0.615. The largest absolute Gasteiger partial charge is 0.338 e. The van der Waals surface area contributed by atoms with Crippen LogP contribution in [0.4, 0.5) is 5.95 Å². The SMILES string of the molecule is CCC1CCCCCN1c1ncc(Br)cn1. The maximum absolute atomic E-state index is 4.41. The van der Waals surface area contributed by atoms with Crippen molar-refractivity contribution in [3.05, 3.63) is 16.9 Å². The lowest BCUT2D eigenvalue weighted by Crippen LogP contribution is -2.35. The summed E-state index contributed by atoms with van der Waals surface area (Å²) in [5, 5.41) is 0. The molecule has 2 rings (SSSR count). The van der Waals surface area contributed by atoms with Gasteiger partial charge in [0, 0.05) is 25.0 Å². The van der Waals surface area contributed by atoms with Crippen LogP contribution < -0.4 is 4.90 Å². The first-order valence-corrected chi connectivity index (χ1v) is 6.84. The molecule has 16 heavy (non-hydrogen) atoms. The van der Waals surface area contributed by atoms with Gasteiger partial charge in [-0.3, -0.25) is 0 Å². The molecule has 88 valence electrons. The van der Waals surface area contributed by atoms with Gasteiger partial charge in [0.2, 0.25) is 5.95 Å². The van der Waals surface area contributed by atoms with Gasteiger partial charge in [-0.1, -0.05) is 19.8 Å². The van der Waals surface area contributed by atoms with Gasteiger partial charge < -0.3 is 4.90 Å². The van der Waals surface area contributed by atoms with E-state index in [0.29, 0.717) is 6.04 Å². The normalized spacial score (nSPS) is 21.9. The zero-order chi connectivity index (χ0) is 11.4. The second-order valence-corrected chi connectivity index (χ2v) is 5.22. The van der Waals surface area contributed by atoms with E-state index in [2.05, 4.69) is 37.7 Å². The summed E-state index contributed by atoms with van der Waals surface area (Å²) in [6.45, 7) is 3.35. The summed E-state index contributed by atoms with van der Waals surface area (Å²) in [6.07, 6.45) is 10.1. The molecule has 0 N–H and O–H groups in total. The Morgan fingerprint density at radius 3 is 2.75 bits per heavy atom. The first-order valence-electron chi connectivity index (χ1n) is 6.05. The fraction of sp³-hybridized carbons (Fsp3) is 0.667. The fourth-order valence-electron chi connectivity index (χ4n) is 2.32. The van der Waals surface area contributed by atoms with Crippen molar-refractivity contribution in [3.63, 3.8) is 0 Å². The summed E-state index contributed by atoms with van der Waals surface area (Å²) in [6, 6.07) is 0.615. The predicted octanol–water partition coefficient (Wildman–Crippen LogP) is 3.40. The predicted molar refractivity (Wildman–Crippen MR) is 69.6 cm³/mol. The van der Waals surface area contributed by atoms with Gasteiger partial charge in [-0.15, -0.1) is 0 Å². The highest BCUT2D eigenvalue weighted by Crippen LogP contribution is 2.23. The molecule has 1 aliphatic heterocycles. The molecule has 0 saturated carbocycles. The van der Waals surface area contributed by atoms with E-state index in [1.165, 1.54) is 32.1 Å². The number of rotatable bonds is 2. The molecular formula is C12H18BrN3. The van der Waals surface area contributed by atoms with Crippen LogP contribution in [-0.2, 0) is 0 Å². The second-order valence-electron chi connectivity index (χ2n) is 4.31. The summed E-state index contributed by atoms with van der Waals surface area (Å²) in [5.41, 5.74) is 0. The van der Waals surface area contributed by atoms with Gasteiger partial charge >= 0.3 is 0 Å². The first kappa shape index (κ1) is 11.8. The zero-order valence-corrected chi connectivity index (χ0v) is 11.3. The summed E-state index contributed by atoms with van der Waals surface area (Å²) < 4.78 is 0.944. The number of hydrogen-bond donors (Lipinski definition) is 0. The lowest BCUT2D eigenvalue weighted by Gasteiger charge is -2.29. The van der Waals surface area contributed by atoms with E-state index < -0.39 is 0 Å². The summed E-state index contributed by atoms with van der Waals surface area (Å²) in [4.78, 5) is 11.2. The summed E-state index contributed by atoms with van der Waals surface area (Å²) in [7, 11) is 0. The van der Waals surface area contributed by atoms with Crippen molar-refractivity contribution in [3.8, 4) is 0 Å². The number of anilines is 1. The Bertz CT molecular complexity index is 326. The van der Waals surface area contributed by atoms with E-state index in [9.17, 15) is 0 Å². The Kier molecular flexibility index (Phi) is 4.16. The van der Waals surface area contributed by atoms with Crippen LogP contribution >= 0.6 is 15.9 Å². The molecule has 1 atom stereocenters. The Morgan fingerprint density at radius 2 is 2.06 bits per heavy atom. The van der Waals surface area contributed by atoms with Crippen molar-refractivity contribution >= 4 is 21.9 Å². The van der Waals surface area contributed by atoms with Gasteiger partial charge in [0.25, 0.3) is 0 Å². The molecule has 0 radical (unpaired) electrons. The van der Waals surface area contributed by atoms with Crippen molar-refractivity contribution in [2.75, 3.05) is 11.4 Å². The minimum absolute atomic E-state index is 0.615. The van der Waals surface area contributed by atoms with E-state index in [0.717, 1.165) is 17.0 Å². The molecule has 0 aliphatic carbocycles. The quantitative estimate of drug-likeness (QED) is 0.833. The second kappa shape index (κ2) is 5.62. The molecule has 1 aliphatic rings. The fourth-order valence-corrected chi connectivity index (χ4v) is 2.52. The Labute approximate surface area is 105 Å². The number of hydrogen-bond acceptors (Lipinski definition) is 3. The van der Waals surface area contributed by atoms with Crippen molar-refractivity contribution in [1.29, 1.82) is 0 Å². The summed E-state index contributed by atoms with van der Waals surface area (Å²) in [5.74, 6) is 0.886. The van der Waals surface area contributed by atoms with Crippen LogP contribution in [0.3, 0.4) is 0 Å². The van der Waals surface area contributed by atoms with Crippen LogP contribution in [0.5, 0.6) is 0 Å². The number of nitrogens with zero attached hydrogens (tertiary/aromatic N) is 3. The molecule has 1 aromatic rings. The molecule has 0 bridgehead atoms. The average molecular weight is 284 g/mol. The third kappa shape index (κ3) is 2.73. The standard InChI is InChI=1S/C12H18BrN3/c1-2-11-6-4-3-5-7-16(11)12-14-8-10(13)9-15-12/h8-9,11H,2-7H2,1H3. The van der Waals surface area contributed by atoms with Gasteiger partial charge in [-0.05, 0) is 35.2 Å². The Morgan fingerprint density at radius 1 is 1.31 bits per heavy atom. The van der Waals surface area contributed by atoms with E-state index in [4.69, 9.17) is 0 Å². The molecule has 4 heteroatoms. The topological polar surface area (TPSA) is 29.0 Å². The van der Waals surface area contributed by atoms with Crippen LogP contribution in [0.25, 0.3) is 0 Å². The summed E-state index contributed by atoms with van der Waals surface area (Å²) >= 11 is 3.37. The van der Waals surface area contributed by atoms with E-state index in [1.54, 1.807) is 0 Å². The molecule has 1 aromatic heterocycles. The van der Waals surface area contributed by atoms with E-state index in [-0.39, 0.29) is 0 Å². The van der Waals surface area contributed by atoms with Crippen molar-refractivity contribution in [2.24, 2.45) is 0 Å². The maximum Gasteiger partial charge on any atom is 0.225 e. The van der Waals surface area contributed by atoms with Crippen molar-refractivity contribution in [2.45, 2.75) is 45.1 Å². The Balaban J connectivity index is 2.18. The van der Waals surface area contributed by atoms with Gasteiger partial charge in [0.05, 0.1) is 4.47 Å². The smallest absolute Gasteiger partial charge is 0.225 e. The zero-order valence-electron chi connectivity index (χ0n) is 9.69. The van der Waals surface area contributed by atoms with Gasteiger partial charge in [0.1, 0.15) is 0 Å². The molecule has 0 aromatic carbocycles. The molecule has 0 spiro atoms. The molecule has 1 unspecified atom stereocenters. The molecule has 1 fully saturated rings. The highest BCUT2D eigenvalue weighted by Gasteiger charge is 2.21. The van der Waals surface area contributed by atoms with Gasteiger partial charge in [-0.25, -0.2) is 9.97 Å². The molecular weight excluding hydrogens is 266 g/mol. The molecule has 0 amide bonds. The Hall–Kier alpha value is -0.640. The average Bonchev–Trinajstić information content (AvgIpc) is 2.55. The van der Waals surface area contributed by atoms with Crippen LogP contribution in [0.15, 0.2) is 16.9 Å². The van der Waals surface area contributed by atoms with Crippen LogP contribution in [-0.4, -0.2) is 22.6 Å². The number of halogens is 1. The van der Waals surface area contributed by atoms with Crippen molar-refractivity contribution in [1.82, 2.24) is 9.97 Å². The lowest BCUT2D eigenvalue weighted by molar-refractivity contribution is 0.547. The van der Waals surface area contributed by atoms with Crippen molar-refractivity contribution < 1.29 is 0 Å². The van der Waals surface area contributed by atoms with Crippen LogP contribution in [0.1, 0.15) is 39.0 Å².